The topological polar surface area (TPSA) is 46.1 Å². The van der Waals surface area contributed by atoms with E-state index in [1.54, 1.807) is 12.4 Å². The normalized spacial score (nSPS) is 12.4. The molecule has 1 amide bonds. The highest BCUT2D eigenvalue weighted by Crippen LogP contribution is 2.21. The third kappa shape index (κ3) is 3.91. The molecule has 0 saturated carbocycles. The molecule has 0 aliphatic rings. The van der Waals surface area contributed by atoms with E-state index in [1.807, 2.05) is 22.4 Å². The van der Waals surface area contributed by atoms with Crippen LogP contribution in [0.1, 0.15) is 61.1 Å². The Bertz CT molecular complexity index is 609. The molecule has 2 aromatic heterocycles. The molecule has 0 radical (unpaired) electrons. The second-order valence-corrected chi connectivity index (χ2v) is 6.64. The van der Waals surface area contributed by atoms with E-state index in [0.29, 0.717) is 17.5 Å². The molecule has 2 heterocycles. The molecule has 0 saturated heterocycles. The Morgan fingerprint density at radius 3 is 2.50 bits per heavy atom. The molecule has 2 rings (SSSR count). The minimum atomic E-state index is 0.0167. The fourth-order valence-electron chi connectivity index (χ4n) is 2.11. The molecular formula is C17H23N3OS. The number of rotatable bonds is 6. The fourth-order valence-corrected chi connectivity index (χ4v) is 3.04. The molecule has 1 atom stereocenters. The van der Waals surface area contributed by atoms with Crippen molar-refractivity contribution in [3.8, 4) is 0 Å². The van der Waals surface area contributed by atoms with E-state index in [-0.39, 0.29) is 11.9 Å². The van der Waals surface area contributed by atoms with E-state index in [0.717, 1.165) is 17.7 Å². The van der Waals surface area contributed by atoms with Crippen molar-refractivity contribution in [1.82, 2.24) is 14.9 Å². The predicted octanol–water partition coefficient (Wildman–Crippen LogP) is 4.10. The summed E-state index contributed by atoms with van der Waals surface area (Å²) in [6.45, 7) is 8.95. The van der Waals surface area contributed by atoms with Crippen LogP contribution in [0.3, 0.4) is 0 Å². The van der Waals surface area contributed by atoms with Gasteiger partial charge in [0.25, 0.3) is 5.91 Å². The zero-order chi connectivity index (χ0) is 16.1. The SMILES string of the molecule is CCC(C)N(Cc1ccncc1)C(=O)c1nc(C(C)C)cs1. The first-order chi connectivity index (χ1) is 10.5. The summed E-state index contributed by atoms with van der Waals surface area (Å²) in [6.07, 6.45) is 4.43. The molecule has 22 heavy (non-hydrogen) atoms. The van der Waals surface area contributed by atoms with Gasteiger partial charge in [-0.15, -0.1) is 11.3 Å². The van der Waals surface area contributed by atoms with Crippen molar-refractivity contribution in [2.45, 2.75) is 52.6 Å². The highest BCUT2D eigenvalue weighted by Gasteiger charge is 2.23. The molecule has 0 aliphatic carbocycles. The lowest BCUT2D eigenvalue weighted by molar-refractivity contribution is 0.0671. The number of carbonyl (C=O) groups is 1. The monoisotopic (exact) mass is 317 g/mol. The molecule has 0 fully saturated rings. The third-order valence-electron chi connectivity index (χ3n) is 3.78. The quantitative estimate of drug-likeness (QED) is 0.805. The molecule has 0 spiro atoms. The molecule has 5 heteroatoms. The van der Waals surface area contributed by atoms with Gasteiger partial charge < -0.3 is 4.90 Å². The predicted molar refractivity (Wildman–Crippen MR) is 90.1 cm³/mol. The highest BCUT2D eigenvalue weighted by atomic mass is 32.1. The van der Waals surface area contributed by atoms with E-state index < -0.39 is 0 Å². The lowest BCUT2D eigenvalue weighted by atomic mass is 10.1. The van der Waals surface area contributed by atoms with Gasteiger partial charge in [-0.1, -0.05) is 20.8 Å². The Kier molecular flexibility index (Phi) is 5.66. The lowest BCUT2D eigenvalue weighted by Crippen LogP contribution is -2.37. The van der Waals surface area contributed by atoms with Gasteiger partial charge in [0.2, 0.25) is 0 Å². The Morgan fingerprint density at radius 2 is 1.95 bits per heavy atom. The molecule has 118 valence electrons. The van der Waals surface area contributed by atoms with Crippen LogP contribution >= 0.6 is 11.3 Å². The Labute approximate surface area is 136 Å². The second kappa shape index (κ2) is 7.49. The largest absolute Gasteiger partial charge is 0.330 e. The number of hydrogen-bond donors (Lipinski definition) is 0. The first-order valence-corrected chi connectivity index (χ1v) is 8.56. The van der Waals surface area contributed by atoms with Crippen LogP contribution in [0.25, 0.3) is 0 Å². The van der Waals surface area contributed by atoms with Crippen LogP contribution in [0.15, 0.2) is 29.9 Å². The summed E-state index contributed by atoms with van der Waals surface area (Å²) < 4.78 is 0. The van der Waals surface area contributed by atoms with E-state index in [9.17, 15) is 4.79 Å². The van der Waals surface area contributed by atoms with Gasteiger partial charge in [-0.3, -0.25) is 9.78 Å². The molecule has 0 aromatic carbocycles. The number of thiazole rings is 1. The molecule has 0 N–H and O–H groups in total. The smallest absolute Gasteiger partial charge is 0.283 e. The first-order valence-electron chi connectivity index (χ1n) is 7.68. The summed E-state index contributed by atoms with van der Waals surface area (Å²) in [6, 6.07) is 4.07. The number of aromatic nitrogens is 2. The van der Waals surface area contributed by atoms with Crippen molar-refractivity contribution in [2.24, 2.45) is 0 Å². The molecule has 1 unspecified atom stereocenters. The van der Waals surface area contributed by atoms with Crippen molar-refractivity contribution >= 4 is 17.2 Å². The van der Waals surface area contributed by atoms with Crippen LogP contribution in [-0.2, 0) is 6.54 Å². The van der Waals surface area contributed by atoms with Crippen molar-refractivity contribution in [3.05, 3.63) is 46.2 Å². The number of hydrogen-bond acceptors (Lipinski definition) is 4. The van der Waals surface area contributed by atoms with Gasteiger partial charge in [-0.05, 0) is 37.0 Å². The van der Waals surface area contributed by atoms with Gasteiger partial charge >= 0.3 is 0 Å². The van der Waals surface area contributed by atoms with Crippen LogP contribution in [0.2, 0.25) is 0 Å². The van der Waals surface area contributed by atoms with Crippen molar-refractivity contribution < 1.29 is 4.79 Å². The standard InChI is InChI=1S/C17H23N3OS/c1-5-13(4)20(10-14-6-8-18-9-7-14)17(21)16-19-15(11-22-16)12(2)3/h6-9,11-13H,5,10H2,1-4H3. The van der Waals surface area contributed by atoms with Gasteiger partial charge in [0.15, 0.2) is 5.01 Å². The minimum absolute atomic E-state index is 0.0167. The van der Waals surface area contributed by atoms with Gasteiger partial charge in [-0.25, -0.2) is 4.98 Å². The third-order valence-corrected chi connectivity index (χ3v) is 4.63. The van der Waals surface area contributed by atoms with Crippen LogP contribution in [0, 0.1) is 0 Å². The summed E-state index contributed by atoms with van der Waals surface area (Å²) in [4.78, 5) is 23.3. The van der Waals surface area contributed by atoms with Crippen LogP contribution in [0.5, 0.6) is 0 Å². The number of nitrogens with zero attached hydrogens (tertiary/aromatic N) is 3. The number of carbonyl (C=O) groups excluding carboxylic acids is 1. The van der Waals surface area contributed by atoms with Crippen LogP contribution in [0.4, 0.5) is 0 Å². The molecule has 0 bridgehead atoms. The Morgan fingerprint density at radius 1 is 1.27 bits per heavy atom. The lowest BCUT2D eigenvalue weighted by Gasteiger charge is -2.28. The van der Waals surface area contributed by atoms with Crippen molar-refractivity contribution in [3.63, 3.8) is 0 Å². The van der Waals surface area contributed by atoms with Gasteiger partial charge in [-0.2, -0.15) is 0 Å². The summed E-state index contributed by atoms with van der Waals surface area (Å²) in [7, 11) is 0. The highest BCUT2D eigenvalue weighted by molar-refractivity contribution is 7.11. The molecule has 2 aromatic rings. The maximum Gasteiger partial charge on any atom is 0.283 e. The van der Waals surface area contributed by atoms with E-state index >= 15 is 0 Å². The second-order valence-electron chi connectivity index (χ2n) is 5.78. The maximum absolute atomic E-state index is 12.8. The Balaban J connectivity index is 2.22. The number of pyridine rings is 1. The first kappa shape index (κ1) is 16.6. The molecule has 0 aliphatic heterocycles. The van der Waals surface area contributed by atoms with E-state index in [1.165, 1.54) is 11.3 Å². The minimum Gasteiger partial charge on any atom is -0.330 e. The summed E-state index contributed by atoms with van der Waals surface area (Å²) in [5.41, 5.74) is 2.07. The van der Waals surface area contributed by atoms with E-state index in [2.05, 4.69) is 37.7 Å². The van der Waals surface area contributed by atoms with Gasteiger partial charge in [0.1, 0.15) is 0 Å². The average Bonchev–Trinajstić information content (AvgIpc) is 3.02. The summed E-state index contributed by atoms with van der Waals surface area (Å²) in [5, 5.41) is 2.57. The molecular weight excluding hydrogens is 294 g/mol. The number of amides is 1. The zero-order valence-electron chi connectivity index (χ0n) is 13.6. The molecule has 4 nitrogen and oxygen atoms in total. The van der Waals surface area contributed by atoms with E-state index in [4.69, 9.17) is 0 Å². The van der Waals surface area contributed by atoms with Gasteiger partial charge in [0.05, 0.1) is 5.69 Å². The van der Waals surface area contributed by atoms with Crippen LogP contribution in [-0.4, -0.2) is 26.8 Å². The maximum atomic E-state index is 12.8. The van der Waals surface area contributed by atoms with Crippen LogP contribution < -0.4 is 0 Å². The summed E-state index contributed by atoms with van der Waals surface area (Å²) in [5.74, 6) is 0.359. The van der Waals surface area contributed by atoms with Crippen molar-refractivity contribution in [2.75, 3.05) is 0 Å². The fraction of sp³-hybridized carbons (Fsp3) is 0.471. The Hall–Kier alpha value is -1.75. The average molecular weight is 317 g/mol. The van der Waals surface area contributed by atoms with Crippen molar-refractivity contribution in [1.29, 1.82) is 0 Å². The summed E-state index contributed by atoms with van der Waals surface area (Å²) >= 11 is 1.44. The van der Waals surface area contributed by atoms with Gasteiger partial charge in [0, 0.05) is 30.4 Å². The zero-order valence-corrected chi connectivity index (χ0v) is 14.4.